The minimum absolute atomic E-state index is 0.115. The van der Waals surface area contributed by atoms with Crippen molar-refractivity contribution >= 4 is 34.2 Å². The Bertz CT molecular complexity index is 450. The second-order valence-corrected chi connectivity index (χ2v) is 4.15. The standard InChI is InChI=1S/C11H9IN2O/c12-6-11(15)14-4-3-9-2-1-8(7-13)5-10(9)14/h1-2,5H,3-4,6H2. The van der Waals surface area contributed by atoms with Crippen LogP contribution in [-0.2, 0) is 11.2 Å². The van der Waals surface area contributed by atoms with Crippen LogP contribution in [0.3, 0.4) is 0 Å². The molecule has 0 aliphatic carbocycles. The van der Waals surface area contributed by atoms with Crippen LogP contribution in [0, 0.1) is 11.3 Å². The van der Waals surface area contributed by atoms with E-state index in [9.17, 15) is 4.79 Å². The first kappa shape index (κ1) is 10.4. The molecule has 4 heteroatoms. The third-order valence-corrected chi connectivity index (χ3v) is 3.18. The van der Waals surface area contributed by atoms with Gasteiger partial charge in [0, 0.05) is 12.2 Å². The van der Waals surface area contributed by atoms with Gasteiger partial charge in [0.2, 0.25) is 5.91 Å². The van der Waals surface area contributed by atoms with Crippen molar-refractivity contribution in [1.29, 1.82) is 5.26 Å². The summed E-state index contributed by atoms with van der Waals surface area (Å²) in [6, 6.07) is 7.63. The van der Waals surface area contributed by atoms with Gasteiger partial charge in [0.05, 0.1) is 16.1 Å². The number of hydrogen-bond acceptors (Lipinski definition) is 2. The van der Waals surface area contributed by atoms with E-state index in [0.717, 1.165) is 24.2 Å². The van der Waals surface area contributed by atoms with Gasteiger partial charge in [-0.15, -0.1) is 0 Å². The van der Waals surface area contributed by atoms with E-state index in [1.807, 2.05) is 6.07 Å². The predicted molar refractivity (Wildman–Crippen MR) is 66.1 cm³/mol. The summed E-state index contributed by atoms with van der Waals surface area (Å²) in [5.74, 6) is 0.115. The molecule has 15 heavy (non-hydrogen) atoms. The summed E-state index contributed by atoms with van der Waals surface area (Å²) in [4.78, 5) is 13.4. The summed E-state index contributed by atoms with van der Waals surface area (Å²) in [6.45, 7) is 0.742. The van der Waals surface area contributed by atoms with Crippen LogP contribution >= 0.6 is 22.6 Å². The molecule has 1 aliphatic rings. The molecule has 0 fully saturated rings. The smallest absolute Gasteiger partial charge is 0.236 e. The molecular weight excluding hydrogens is 303 g/mol. The third kappa shape index (κ3) is 1.84. The maximum atomic E-state index is 11.6. The lowest BCUT2D eigenvalue weighted by molar-refractivity contribution is -0.115. The van der Waals surface area contributed by atoms with E-state index in [0.29, 0.717) is 9.99 Å². The van der Waals surface area contributed by atoms with E-state index in [2.05, 4.69) is 28.7 Å². The Labute approximate surface area is 102 Å². The van der Waals surface area contributed by atoms with Gasteiger partial charge < -0.3 is 4.90 Å². The maximum absolute atomic E-state index is 11.6. The molecule has 0 radical (unpaired) electrons. The molecule has 1 heterocycles. The first-order chi connectivity index (χ1) is 7.26. The van der Waals surface area contributed by atoms with Gasteiger partial charge in [-0.05, 0) is 24.1 Å². The van der Waals surface area contributed by atoms with E-state index >= 15 is 0 Å². The summed E-state index contributed by atoms with van der Waals surface area (Å²) in [7, 11) is 0. The van der Waals surface area contributed by atoms with E-state index in [-0.39, 0.29) is 5.91 Å². The van der Waals surface area contributed by atoms with Gasteiger partial charge in [0.15, 0.2) is 0 Å². The molecule has 0 saturated carbocycles. The molecule has 3 nitrogen and oxygen atoms in total. The first-order valence-electron chi connectivity index (χ1n) is 4.65. The number of carbonyl (C=O) groups is 1. The molecular formula is C11H9IN2O. The van der Waals surface area contributed by atoms with Gasteiger partial charge in [-0.25, -0.2) is 0 Å². The number of anilines is 1. The SMILES string of the molecule is N#Cc1ccc2c(c1)N(C(=O)CI)CC2. The lowest BCUT2D eigenvalue weighted by Crippen LogP contribution is -2.29. The van der Waals surface area contributed by atoms with Gasteiger partial charge in [0.25, 0.3) is 0 Å². The number of rotatable bonds is 1. The number of hydrogen-bond donors (Lipinski definition) is 0. The summed E-state index contributed by atoms with van der Waals surface area (Å²) in [5, 5.41) is 8.80. The van der Waals surface area contributed by atoms with Crippen molar-refractivity contribution in [3.05, 3.63) is 29.3 Å². The number of nitriles is 1. The zero-order chi connectivity index (χ0) is 10.8. The average Bonchev–Trinajstić information content (AvgIpc) is 2.70. The summed E-state index contributed by atoms with van der Waals surface area (Å²) < 4.78 is 0.480. The van der Waals surface area contributed by atoms with E-state index in [1.54, 1.807) is 17.0 Å². The molecule has 1 aromatic rings. The molecule has 0 bridgehead atoms. The average molecular weight is 312 g/mol. The van der Waals surface area contributed by atoms with Gasteiger partial charge in [0.1, 0.15) is 0 Å². The van der Waals surface area contributed by atoms with Crippen molar-refractivity contribution in [1.82, 2.24) is 0 Å². The van der Waals surface area contributed by atoms with Crippen LogP contribution in [0.15, 0.2) is 18.2 Å². The molecule has 76 valence electrons. The van der Waals surface area contributed by atoms with Crippen molar-refractivity contribution in [2.45, 2.75) is 6.42 Å². The second kappa shape index (κ2) is 4.19. The van der Waals surface area contributed by atoms with E-state index in [1.165, 1.54) is 0 Å². The molecule has 0 aromatic heterocycles. The predicted octanol–water partition coefficient (Wildman–Crippen LogP) is 1.88. The third-order valence-electron chi connectivity index (χ3n) is 2.53. The highest BCUT2D eigenvalue weighted by Crippen LogP contribution is 2.29. The number of fused-ring (bicyclic) bond motifs is 1. The Kier molecular flexibility index (Phi) is 2.91. The lowest BCUT2D eigenvalue weighted by atomic mass is 10.1. The Morgan fingerprint density at radius 2 is 2.40 bits per heavy atom. The van der Waals surface area contributed by atoms with Gasteiger partial charge >= 0.3 is 0 Å². The van der Waals surface area contributed by atoms with Crippen LogP contribution in [0.2, 0.25) is 0 Å². The molecule has 1 aromatic carbocycles. The fourth-order valence-corrected chi connectivity index (χ4v) is 2.19. The minimum atomic E-state index is 0.115. The molecule has 0 spiro atoms. The molecule has 1 aliphatic heterocycles. The fourth-order valence-electron chi connectivity index (χ4n) is 1.78. The van der Waals surface area contributed by atoms with Crippen molar-refractivity contribution in [3.8, 4) is 6.07 Å². The van der Waals surface area contributed by atoms with E-state index in [4.69, 9.17) is 5.26 Å². The Morgan fingerprint density at radius 1 is 1.60 bits per heavy atom. The largest absolute Gasteiger partial charge is 0.311 e. The highest BCUT2D eigenvalue weighted by atomic mass is 127. The lowest BCUT2D eigenvalue weighted by Gasteiger charge is -2.15. The number of alkyl halides is 1. The first-order valence-corrected chi connectivity index (χ1v) is 6.18. The van der Waals surface area contributed by atoms with Crippen LogP contribution < -0.4 is 4.90 Å². The Balaban J connectivity index is 2.41. The topological polar surface area (TPSA) is 44.1 Å². The van der Waals surface area contributed by atoms with Crippen molar-refractivity contribution in [2.75, 3.05) is 15.9 Å². The summed E-state index contributed by atoms with van der Waals surface area (Å²) >= 11 is 2.06. The number of amides is 1. The quantitative estimate of drug-likeness (QED) is 0.587. The molecule has 0 N–H and O–H groups in total. The van der Waals surface area contributed by atoms with Crippen molar-refractivity contribution in [3.63, 3.8) is 0 Å². The van der Waals surface area contributed by atoms with Crippen LogP contribution in [0.4, 0.5) is 5.69 Å². The van der Waals surface area contributed by atoms with Gasteiger partial charge in [-0.2, -0.15) is 5.26 Å². The second-order valence-electron chi connectivity index (χ2n) is 3.38. The highest BCUT2D eigenvalue weighted by molar-refractivity contribution is 14.1. The molecule has 0 saturated heterocycles. The zero-order valence-electron chi connectivity index (χ0n) is 8.03. The Morgan fingerprint density at radius 3 is 3.07 bits per heavy atom. The number of nitrogens with zero attached hydrogens (tertiary/aromatic N) is 2. The molecule has 2 rings (SSSR count). The molecule has 0 atom stereocenters. The van der Waals surface area contributed by atoms with Crippen LogP contribution in [0.25, 0.3) is 0 Å². The molecule has 1 amide bonds. The maximum Gasteiger partial charge on any atom is 0.236 e. The van der Waals surface area contributed by atoms with E-state index < -0.39 is 0 Å². The normalized spacial score (nSPS) is 13.5. The summed E-state index contributed by atoms with van der Waals surface area (Å²) in [5.41, 5.74) is 2.69. The van der Waals surface area contributed by atoms with Gasteiger partial charge in [-0.1, -0.05) is 28.7 Å². The van der Waals surface area contributed by atoms with Crippen LogP contribution in [0.5, 0.6) is 0 Å². The fraction of sp³-hybridized carbons (Fsp3) is 0.273. The van der Waals surface area contributed by atoms with Crippen molar-refractivity contribution < 1.29 is 4.79 Å². The van der Waals surface area contributed by atoms with Crippen molar-refractivity contribution in [2.24, 2.45) is 0 Å². The van der Waals surface area contributed by atoms with Crippen LogP contribution in [0.1, 0.15) is 11.1 Å². The highest BCUT2D eigenvalue weighted by Gasteiger charge is 2.23. The molecule has 0 unspecified atom stereocenters. The number of benzene rings is 1. The minimum Gasteiger partial charge on any atom is -0.311 e. The van der Waals surface area contributed by atoms with Crippen LogP contribution in [-0.4, -0.2) is 16.9 Å². The van der Waals surface area contributed by atoms with Gasteiger partial charge in [-0.3, -0.25) is 4.79 Å². The number of halogens is 1. The Hall–Kier alpha value is -1.09. The zero-order valence-corrected chi connectivity index (χ0v) is 10.2. The number of carbonyl (C=O) groups excluding carboxylic acids is 1. The monoisotopic (exact) mass is 312 g/mol. The summed E-state index contributed by atoms with van der Waals surface area (Å²) in [6.07, 6.45) is 0.892.